The zero-order chi connectivity index (χ0) is 31.6. The van der Waals surface area contributed by atoms with Gasteiger partial charge in [0.2, 0.25) is 16.0 Å². The lowest BCUT2D eigenvalue weighted by atomic mass is 9.97. The Bertz CT molecular complexity index is 1430. The van der Waals surface area contributed by atoms with Gasteiger partial charge < -0.3 is 8.99 Å². The maximum atomic E-state index is 13.8. The largest absolute Gasteiger partial charge is 0.413 e. The number of allylic oxidation sites excluding steroid dienone is 1. The third-order valence-corrected chi connectivity index (χ3v) is 14.2. The number of sulfonamides is 1. The molecule has 228 valence electrons. The highest BCUT2D eigenvalue weighted by molar-refractivity contribution is 7.92. The van der Waals surface area contributed by atoms with Crippen molar-refractivity contribution in [2.45, 2.75) is 71.2 Å². The van der Waals surface area contributed by atoms with Gasteiger partial charge >= 0.3 is 0 Å². The van der Waals surface area contributed by atoms with E-state index >= 15 is 0 Å². The Morgan fingerprint density at radius 1 is 1.15 bits per heavy atom. The molecular formula is C29H45FN3O5PSSi. The van der Waals surface area contributed by atoms with E-state index in [2.05, 4.69) is 43.8 Å². The number of hydrogen-bond donors (Lipinski definition) is 0. The van der Waals surface area contributed by atoms with Gasteiger partial charge in [0.15, 0.2) is 14.1 Å². The number of ketones is 1. The van der Waals surface area contributed by atoms with E-state index in [4.69, 9.17) is 4.43 Å². The van der Waals surface area contributed by atoms with Crippen molar-refractivity contribution in [3.8, 4) is 11.3 Å². The molecule has 0 saturated heterocycles. The van der Waals surface area contributed by atoms with Gasteiger partial charge in [0, 0.05) is 30.8 Å². The Morgan fingerprint density at radius 2 is 1.71 bits per heavy atom. The normalized spacial score (nSPS) is 14.1. The van der Waals surface area contributed by atoms with Crippen LogP contribution < -0.4 is 4.31 Å². The SMILES string of the molecule is CC(C)c1nc(N(C)S(C)(=O)=O)nc(-c2ccc(F)cc2)c1/C=C/C(=O)C[C@@H](CP(C)(C)=O)O[Si](C)(C)C(C)(C)C. The molecule has 0 fully saturated rings. The van der Waals surface area contributed by atoms with Crippen LogP contribution in [0.2, 0.25) is 18.1 Å². The molecule has 1 aromatic carbocycles. The molecule has 0 spiro atoms. The molecule has 8 nitrogen and oxygen atoms in total. The van der Waals surface area contributed by atoms with Gasteiger partial charge in [-0.25, -0.2) is 27.1 Å². The summed E-state index contributed by atoms with van der Waals surface area (Å²) in [6, 6.07) is 5.69. The zero-order valence-electron chi connectivity index (χ0n) is 26.1. The molecule has 0 saturated carbocycles. The average Bonchev–Trinajstić information content (AvgIpc) is 2.79. The van der Waals surface area contributed by atoms with E-state index in [0.29, 0.717) is 28.7 Å². The highest BCUT2D eigenvalue weighted by Gasteiger charge is 2.40. The van der Waals surface area contributed by atoms with Gasteiger partial charge in [-0.2, -0.15) is 0 Å². The van der Waals surface area contributed by atoms with Crippen LogP contribution in [0.1, 0.15) is 58.2 Å². The first-order valence-corrected chi connectivity index (χ1v) is 21.1. The van der Waals surface area contributed by atoms with Crippen LogP contribution in [0.15, 0.2) is 30.3 Å². The standard InChI is InChI=1S/C29H45FN3O5PSSi/c1-20(2)26-25(17-16-23(34)18-24(19-39(7,8)35)38-41(10,11)29(3,4)5)27(21-12-14-22(30)15-13-21)32-28(31-26)33(6)40(9,36)37/h12-17,20,24H,18-19H2,1-11H3/b17-16+/t24-/m0/s1. The Hall–Kier alpha value is -2.20. The molecule has 0 aliphatic carbocycles. The molecule has 2 rings (SSSR count). The van der Waals surface area contributed by atoms with Crippen molar-refractivity contribution in [3.05, 3.63) is 47.4 Å². The second-order valence-corrected chi connectivity index (χ2v) is 23.1. The van der Waals surface area contributed by atoms with Crippen molar-refractivity contribution in [2.75, 3.05) is 37.1 Å². The van der Waals surface area contributed by atoms with Crippen LogP contribution in [0.5, 0.6) is 0 Å². The highest BCUT2D eigenvalue weighted by Crippen LogP contribution is 2.42. The molecule has 1 heterocycles. The molecule has 0 radical (unpaired) electrons. The van der Waals surface area contributed by atoms with E-state index in [0.717, 1.165) is 10.6 Å². The summed E-state index contributed by atoms with van der Waals surface area (Å²) in [6.45, 7) is 17.8. The lowest BCUT2D eigenvalue weighted by Gasteiger charge is -2.39. The van der Waals surface area contributed by atoms with Crippen LogP contribution in [-0.2, 0) is 23.8 Å². The Balaban J connectivity index is 2.60. The predicted octanol–water partition coefficient (Wildman–Crippen LogP) is 6.79. The summed E-state index contributed by atoms with van der Waals surface area (Å²) in [6.07, 6.45) is 4.00. The molecule has 0 unspecified atom stereocenters. The van der Waals surface area contributed by atoms with Crippen molar-refractivity contribution in [3.63, 3.8) is 0 Å². The number of anilines is 1. The van der Waals surface area contributed by atoms with Gasteiger partial charge in [-0.1, -0.05) is 34.6 Å². The Labute approximate surface area is 246 Å². The number of carbonyl (C=O) groups is 1. The lowest BCUT2D eigenvalue weighted by Crippen LogP contribution is -2.45. The Morgan fingerprint density at radius 3 is 2.17 bits per heavy atom. The van der Waals surface area contributed by atoms with Crippen LogP contribution in [-0.4, -0.2) is 71.4 Å². The Kier molecular flexibility index (Phi) is 11.1. The summed E-state index contributed by atoms with van der Waals surface area (Å²) < 4.78 is 58.6. The minimum Gasteiger partial charge on any atom is -0.413 e. The maximum absolute atomic E-state index is 13.8. The third-order valence-electron chi connectivity index (χ3n) is 7.18. The van der Waals surface area contributed by atoms with E-state index in [-0.39, 0.29) is 29.1 Å². The van der Waals surface area contributed by atoms with Crippen molar-refractivity contribution >= 4 is 43.3 Å². The van der Waals surface area contributed by atoms with Crippen molar-refractivity contribution in [1.29, 1.82) is 0 Å². The van der Waals surface area contributed by atoms with E-state index in [1.54, 1.807) is 31.5 Å². The number of carbonyl (C=O) groups excluding carboxylic acids is 1. The van der Waals surface area contributed by atoms with Crippen LogP contribution in [0.25, 0.3) is 17.3 Å². The summed E-state index contributed by atoms with van der Waals surface area (Å²) in [5.74, 6) is -0.813. The average molecular weight is 626 g/mol. The summed E-state index contributed by atoms with van der Waals surface area (Å²) >= 11 is 0. The first-order valence-electron chi connectivity index (χ1n) is 13.6. The van der Waals surface area contributed by atoms with E-state index in [1.165, 1.54) is 25.3 Å². The predicted molar refractivity (Wildman–Crippen MR) is 170 cm³/mol. The summed E-state index contributed by atoms with van der Waals surface area (Å²) in [7, 11) is -7.00. The second kappa shape index (κ2) is 13.0. The van der Waals surface area contributed by atoms with E-state index in [1.807, 2.05) is 13.8 Å². The second-order valence-electron chi connectivity index (χ2n) is 12.8. The summed E-state index contributed by atoms with van der Waals surface area (Å²) in [5.41, 5.74) is 1.99. The van der Waals surface area contributed by atoms with Gasteiger partial charge in [-0.05, 0) is 73.8 Å². The van der Waals surface area contributed by atoms with Crippen LogP contribution in [0, 0.1) is 5.82 Å². The first-order chi connectivity index (χ1) is 18.5. The van der Waals surface area contributed by atoms with Gasteiger partial charge in [0.25, 0.3) is 0 Å². The fourth-order valence-electron chi connectivity index (χ4n) is 3.89. The molecule has 1 atom stereocenters. The monoisotopic (exact) mass is 625 g/mol. The number of hydrogen-bond acceptors (Lipinski definition) is 7. The van der Waals surface area contributed by atoms with Gasteiger partial charge in [-0.15, -0.1) is 0 Å². The number of halogens is 1. The molecule has 0 N–H and O–H groups in total. The van der Waals surface area contributed by atoms with Gasteiger partial charge in [0.1, 0.15) is 5.82 Å². The molecule has 0 aliphatic rings. The lowest BCUT2D eigenvalue weighted by molar-refractivity contribution is -0.115. The fraction of sp³-hybridized carbons (Fsp3) is 0.552. The summed E-state index contributed by atoms with van der Waals surface area (Å²) in [4.78, 5) is 22.4. The summed E-state index contributed by atoms with van der Waals surface area (Å²) in [5, 5.41) is -0.0793. The molecule has 2 aromatic rings. The number of rotatable bonds is 12. The smallest absolute Gasteiger partial charge is 0.239 e. The molecule has 1 aromatic heterocycles. The molecule has 0 amide bonds. The number of aromatic nitrogens is 2. The number of nitrogens with zero attached hydrogens (tertiary/aromatic N) is 3. The molecule has 41 heavy (non-hydrogen) atoms. The van der Waals surface area contributed by atoms with Crippen molar-refractivity contribution in [1.82, 2.24) is 9.97 Å². The van der Waals surface area contributed by atoms with E-state index < -0.39 is 37.4 Å². The maximum Gasteiger partial charge on any atom is 0.239 e. The fourth-order valence-corrected chi connectivity index (χ4v) is 6.95. The van der Waals surface area contributed by atoms with Crippen LogP contribution >= 0.6 is 7.14 Å². The highest BCUT2D eigenvalue weighted by atomic mass is 32.2. The molecule has 0 bridgehead atoms. The number of benzene rings is 1. The van der Waals surface area contributed by atoms with E-state index in [9.17, 15) is 22.2 Å². The molecule has 0 aliphatic heterocycles. The topological polar surface area (TPSA) is 107 Å². The van der Waals surface area contributed by atoms with Crippen molar-refractivity contribution < 1.29 is 26.6 Å². The first kappa shape index (κ1) is 35.0. The van der Waals surface area contributed by atoms with Crippen LogP contribution in [0.3, 0.4) is 0 Å². The minimum absolute atomic E-state index is 0.0246. The van der Waals surface area contributed by atoms with Gasteiger partial charge in [-0.3, -0.25) is 4.79 Å². The van der Waals surface area contributed by atoms with Gasteiger partial charge in [0.05, 0.1) is 30.9 Å². The quantitative estimate of drug-likeness (QED) is 0.145. The minimum atomic E-state index is -3.65. The van der Waals surface area contributed by atoms with Crippen LogP contribution in [0.4, 0.5) is 10.3 Å². The molecular weight excluding hydrogens is 580 g/mol. The third kappa shape index (κ3) is 9.94. The van der Waals surface area contributed by atoms with Crippen molar-refractivity contribution in [2.24, 2.45) is 0 Å². The molecule has 12 heteroatoms. The zero-order valence-corrected chi connectivity index (χ0v) is 28.9.